The Morgan fingerprint density at radius 1 is 1.32 bits per heavy atom. The Bertz CT molecular complexity index is 300. The van der Waals surface area contributed by atoms with Gasteiger partial charge < -0.3 is 20.1 Å². The molecule has 1 aliphatic carbocycles. The number of nitrogens with one attached hydrogen (secondary N) is 2. The smallest absolute Gasteiger partial charge is 0.407 e. The molecule has 3 atom stereocenters. The van der Waals surface area contributed by atoms with E-state index < -0.39 is 5.60 Å². The summed E-state index contributed by atoms with van der Waals surface area (Å²) in [5.74, 6) is 0.503. The topological polar surface area (TPSA) is 59.6 Å². The number of hydrogen-bond acceptors (Lipinski definition) is 4. The molecule has 0 radical (unpaired) electrons. The van der Waals surface area contributed by atoms with E-state index >= 15 is 0 Å². The van der Waals surface area contributed by atoms with Gasteiger partial charge in [-0.25, -0.2) is 4.79 Å². The Morgan fingerprint density at radius 2 is 1.95 bits per heavy atom. The molecule has 0 aromatic rings. The van der Waals surface area contributed by atoms with Crippen LogP contribution in [0, 0.1) is 5.92 Å². The average molecular weight is 272 g/mol. The lowest BCUT2D eigenvalue weighted by Crippen LogP contribution is -2.43. The highest BCUT2D eigenvalue weighted by atomic mass is 16.6. The molecule has 0 aliphatic heterocycles. The Hall–Kier alpha value is -0.810. The van der Waals surface area contributed by atoms with Crippen LogP contribution in [0.15, 0.2) is 0 Å². The van der Waals surface area contributed by atoms with Crippen LogP contribution in [0.5, 0.6) is 0 Å². The quantitative estimate of drug-likeness (QED) is 0.775. The Morgan fingerprint density at radius 3 is 2.42 bits per heavy atom. The summed E-state index contributed by atoms with van der Waals surface area (Å²) in [6.45, 7) is 10.6. The summed E-state index contributed by atoms with van der Waals surface area (Å²) >= 11 is 0. The zero-order chi connectivity index (χ0) is 14.6. The van der Waals surface area contributed by atoms with E-state index in [0.717, 1.165) is 6.42 Å². The van der Waals surface area contributed by atoms with Crippen molar-refractivity contribution < 1.29 is 14.3 Å². The summed E-state index contributed by atoms with van der Waals surface area (Å²) in [6, 6.07) is 0.823. The number of ether oxygens (including phenoxy) is 2. The molecule has 1 aliphatic rings. The normalized spacial score (nSPS) is 24.2. The molecular weight excluding hydrogens is 244 g/mol. The summed E-state index contributed by atoms with van der Waals surface area (Å²) in [5, 5.41) is 6.40. The largest absolute Gasteiger partial charge is 0.444 e. The summed E-state index contributed by atoms with van der Waals surface area (Å²) < 4.78 is 10.4. The van der Waals surface area contributed by atoms with Gasteiger partial charge in [0, 0.05) is 25.2 Å². The van der Waals surface area contributed by atoms with E-state index in [1.807, 2.05) is 20.8 Å². The van der Waals surface area contributed by atoms with E-state index in [2.05, 4.69) is 24.5 Å². The van der Waals surface area contributed by atoms with E-state index in [9.17, 15) is 4.79 Å². The molecule has 2 N–H and O–H groups in total. The van der Waals surface area contributed by atoms with Crippen molar-refractivity contribution in [3.05, 3.63) is 0 Å². The van der Waals surface area contributed by atoms with Gasteiger partial charge in [-0.15, -0.1) is 0 Å². The second kappa shape index (κ2) is 6.57. The highest BCUT2D eigenvalue weighted by molar-refractivity contribution is 5.68. The van der Waals surface area contributed by atoms with Crippen molar-refractivity contribution >= 4 is 6.09 Å². The SMILES string of the molecule is COCC(NC1CC1NC(=O)OC(C)(C)C)C(C)C. The minimum Gasteiger partial charge on any atom is -0.444 e. The molecule has 5 nitrogen and oxygen atoms in total. The molecule has 19 heavy (non-hydrogen) atoms. The Labute approximate surface area is 116 Å². The van der Waals surface area contributed by atoms with Gasteiger partial charge >= 0.3 is 6.09 Å². The van der Waals surface area contributed by atoms with Gasteiger partial charge in [0.05, 0.1) is 6.61 Å². The van der Waals surface area contributed by atoms with Crippen molar-refractivity contribution in [2.24, 2.45) is 5.92 Å². The molecule has 1 fully saturated rings. The summed E-state index contributed by atoms with van der Waals surface area (Å²) in [7, 11) is 1.71. The molecule has 1 rings (SSSR count). The molecule has 1 amide bonds. The van der Waals surface area contributed by atoms with Crippen molar-refractivity contribution in [2.75, 3.05) is 13.7 Å². The molecule has 112 valence electrons. The number of methoxy groups -OCH3 is 1. The first-order valence-corrected chi connectivity index (χ1v) is 6.97. The van der Waals surface area contributed by atoms with Crippen LogP contribution >= 0.6 is 0 Å². The van der Waals surface area contributed by atoms with E-state index in [4.69, 9.17) is 9.47 Å². The maximum absolute atomic E-state index is 11.6. The highest BCUT2D eigenvalue weighted by Crippen LogP contribution is 2.23. The molecule has 3 unspecified atom stereocenters. The Kier molecular flexibility index (Phi) is 5.62. The predicted molar refractivity (Wildman–Crippen MR) is 75.2 cm³/mol. The molecule has 0 bridgehead atoms. The number of rotatable bonds is 6. The van der Waals surface area contributed by atoms with Gasteiger partial charge in [0.15, 0.2) is 0 Å². The van der Waals surface area contributed by atoms with Gasteiger partial charge in [-0.05, 0) is 33.1 Å². The molecule has 0 heterocycles. The van der Waals surface area contributed by atoms with Crippen LogP contribution in [0.25, 0.3) is 0 Å². The first kappa shape index (κ1) is 16.2. The average Bonchev–Trinajstić information content (AvgIpc) is 2.92. The van der Waals surface area contributed by atoms with Crippen molar-refractivity contribution in [3.63, 3.8) is 0 Å². The zero-order valence-electron chi connectivity index (χ0n) is 12.9. The van der Waals surface area contributed by atoms with Gasteiger partial charge in [0.25, 0.3) is 0 Å². The number of carbonyl (C=O) groups is 1. The summed E-state index contributed by atoms with van der Waals surface area (Å²) in [4.78, 5) is 11.6. The van der Waals surface area contributed by atoms with Crippen LogP contribution in [-0.4, -0.2) is 43.5 Å². The van der Waals surface area contributed by atoms with Crippen LogP contribution in [0.3, 0.4) is 0 Å². The van der Waals surface area contributed by atoms with Gasteiger partial charge in [-0.2, -0.15) is 0 Å². The monoisotopic (exact) mass is 272 g/mol. The van der Waals surface area contributed by atoms with E-state index in [-0.39, 0.29) is 12.1 Å². The number of carbonyl (C=O) groups excluding carboxylic acids is 1. The molecule has 0 aromatic heterocycles. The molecular formula is C14H28N2O3. The minimum absolute atomic E-state index is 0.174. The molecule has 0 aromatic carbocycles. The van der Waals surface area contributed by atoms with Crippen LogP contribution in [0.4, 0.5) is 4.79 Å². The maximum Gasteiger partial charge on any atom is 0.407 e. The minimum atomic E-state index is -0.446. The predicted octanol–water partition coefficient (Wildman–Crippen LogP) is 1.91. The van der Waals surface area contributed by atoms with Gasteiger partial charge in [-0.3, -0.25) is 0 Å². The lowest BCUT2D eigenvalue weighted by atomic mass is 10.1. The fourth-order valence-electron chi connectivity index (χ4n) is 1.89. The van der Waals surface area contributed by atoms with Crippen LogP contribution in [0.1, 0.15) is 41.0 Å². The third kappa shape index (κ3) is 6.25. The number of hydrogen-bond donors (Lipinski definition) is 2. The molecule has 0 saturated heterocycles. The first-order chi connectivity index (χ1) is 8.73. The first-order valence-electron chi connectivity index (χ1n) is 6.97. The standard InChI is InChI=1S/C14H28N2O3/c1-9(2)12(8-18-6)15-10-7-11(10)16-13(17)19-14(3,4)5/h9-12,15H,7-8H2,1-6H3,(H,16,17). The summed E-state index contributed by atoms with van der Waals surface area (Å²) in [5.41, 5.74) is -0.446. The zero-order valence-corrected chi connectivity index (χ0v) is 12.9. The number of alkyl carbamates (subject to hydrolysis) is 1. The number of amides is 1. The lowest BCUT2D eigenvalue weighted by molar-refractivity contribution is 0.0521. The Balaban J connectivity index is 2.29. The van der Waals surface area contributed by atoms with Crippen molar-refractivity contribution in [3.8, 4) is 0 Å². The van der Waals surface area contributed by atoms with Crippen molar-refractivity contribution in [2.45, 2.75) is 64.8 Å². The van der Waals surface area contributed by atoms with E-state index in [0.29, 0.717) is 24.6 Å². The third-order valence-electron chi connectivity index (χ3n) is 3.07. The van der Waals surface area contributed by atoms with E-state index in [1.165, 1.54) is 0 Å². The van der Waals surface area contributed by atoms with Crippen molar-refractivity contribution in [1.82, 2.24) is 10.6 Å². The molecule has 5 heteroatoms. The van der Waals surface area contributed by atoms with Crippen molar-refractivity contribution in [1.29, 1.82) is 0 Å². The highest BCUT2D eigenvalue weighted by Gasteiger charge is 2.40. The molecule has 1 saturated carbocycles. The molecule has 0 spiro atoms. The summed E-state index contributed by atoms with van der Waals surface area (Å²) in [6.07, 6.45) is 0.612. The van der Waals surface area contributed by atoms with Crippen LogP contribution < -0.4 is 10.6 Å². The van der Waals surface area contributed by atoms with E-state index in [1.54, 1.807) is 7.11 Å². The van der Waals surface area contributed by atoms with Crippen LogP contribution in [-0.2, 0) is 9.47 Å². The maximum atomic E-state index is 11.6. The second-order valence-corrected chi connectivity index (χ2v) is 6.57. The van der Waals surface area contributed by atoms with Gasteiger partial charge in [-0.1, -0.05) is 13.8 Å². The second-order valence-electron chi connectivity index (χ2n) is 6.57. The van der Waals surface area contributed by atoms with Gasteiger partial charge in [0.2, 0.25) is 0 Å². The fraction of sp³-hybridized carbons (Fsp3) is 0.929. The lowest BCUT2D eigenvalue weighted by Gasteiger charge is -2.22. The van der Waals surface area contributed by atoms with Gasteiger partial charge in [0.1, 0.15) is 5.60 Å². The fourth-order valence-corrected chi connectivity index (χ4v) is 1.89. The third-order valence-corrected chi connectivity index (χ3v) is 3.07. The van der Waals surface area contributed by atoms with Crippen LogP contribution in [0.2, 0.25) is 0 Å².